The highest BCUT2D eigenvalue weighted by Crippen LogP contribution is 2.21. The molecular formula is C13H22ClN3S. The molecule has 5 heteroatoms. The van der Waals surface area contributed by atoms with Crippen LogP contribution in [-0.4, -0.2) is 43.2 Å². The van der Waals surface area contributed by atoms with Gasteiger partial charge in [-0.25, -0.2) is 0 Å². The largest absolute Gasteiger partial charge is 0.314 e. The molecule has 0 spiro atoms. The Morgan fingerprint density at radius 3 is 2.72 bits per heavy atom. The van der Waals surface area contributed by atoms with E-state index in [0.29, 0.717) is 0 Å². The van der Waals surface area contributed by atoms with Crippen LogP contribution in [0.15, 0.2) is 12.1 Å². The van der Waals surface area contributed by atoms with E-state index in [2.05, 4.69) is 35.4 Å². The summed E-state index contributed by atoms with van der Waals surface area (Å²) in [6, 6.07) is 4.06. The number of rotatable bonds is 5. The van der Waals surface area contributed by atoms with Crippen LogP contribution in [0.1, 0.15) is 18.7 Å². The Bertz CT molecular complexity index is 372. The van der Waals surface area contributed by atoms with E-state index >= 15 is 0 Å². The van der Waals surface area contributed by atoms with Crippen LogP contribution in [0, 0.1) is 0 Å². The molecular weight excluding hydrogens is 266 g/mol. The van der Waals surface area contributed by atoms with Crippen LogP contribution >= 0.6 is 22.9 Å². The van der Waals surface area contributed by atoms with Crippen molar-refractivity contribution >= 4 is 22.9 Å². The number of piperazine rings is 1. The third-order valence-corrected chi connectivity index (χ3v) is 4.69. The molecule has 1 aliphatic heterocycles. The Morgan fingerprint density at radius 2 is 2.11 bits per heavy atom. The van der Waals surface area contributed by atoms with Gasteiger partial charge in [0.2, 0.25) is 0 Å². The summed E-state index contributed by atoms with van der Waals surface area (Å²) in [5.41, 5.74) is 0.211. The lowest BCUT2D eigenvalue weighted by molar-refractivity contribution is 0.102. The molecule has 0 unspecified atom stereocenters. The molecule has 1 fully saturated rings. The van der Waals surface area contributed by atoms with E-state index in [1.165, 1.54) is 4.88 Å². The van der Waals surface area contributed by atoms with Crippen molar-refractivity contribution in [1.29, 1.82) is 0 Å². The van der Waals surface area contributed by atoms with Crippen LogP contribution in [0.2, 0.25) is 4.34 Å². The Balaban J connectivity index is 1.77. The van der Waals surface area contributed by atoms with Gasteiger partial charge in [-0.2, -0.15) is 0 Å². The zero-order chi connectivity index (χ0) is 13.0. The van der Waals surface area contributed by atoms with E-state index in [1.54, 1.807) is 11.3 Å². The second kappa shape index (κ2) is 6.35. The van der Waals surface area contributed by atoms with Gasteiger partial charge in [-0.05, 0) is 26.0 Å². The molecule has 1 aromatic heterocycles. The Hall–Kier alpha value is -0.130. The maximum Gasteiger partial charge on any atom is 0.0931 e. The van der Waals surface area contributed by atoms with Crippen LogP contribution < -0.4 is 10.6 Å². The fourth-order valence-corrected chi connectivity index (χ4v) is 3.38. The molecule has 2 rings (SSSR count). The number of halogens is 1. The Labute approximate surface area is 119 Å². The van der Waals surface area contributed by atoms with Crippen molar-refractivity contribution in [3.63, 3.8) is 0 Å². The Morgan fingerprint density at radius 1 is 1.39 bits per heavy atom. The van der Waals surface area contributed by atoms with Crippen molar-refractivity contribution in [3.8, 4) is 0 Å². The van der Waals surface area contributed by atoms with Gasteiger partial charge in [0.1, 0.15) is 0 Å². The number of nitrogens with zero attached hydrogens (tertiary/aromatic N) is 1. The highest BCUT2D eigenvalue weighted by molar-refractivity contribution is 7.16. The van der Waals surface area contributed by atoms with Gasteiger partial charge >= 0.3 is 0 Å². The molecule has 1 aliphatic rings. The van der Waals surface area contributed by atoms with Crippen molar-refractivity contribution in [2.24, 2.45) is 0 Å². The minimum Gasteiger partial charge on any atom is -0.314 e. The molecule has 0 aromatic carbocycles. The summed E-state index contributed by atoms with van der Waals surface area (Å²) in [7, 11) is 0. The normalized spacial score (nSPS) is 18.2. The maximum absolute atomic E-state index is 5.93. The summed E-state index contributed by atoms with van der Waals surface area (Å²) >= 11 is 7.58. The molecule has 0 bridgehead atoms. The molecule has 2 N–H and O–H groups in total. The van der Waals surface area contributed by atoms with E-state index in [4.69, 9.17) is 11.6 Å². The molecule has 0 atom stereocenters. The number of hydrogen-bond donors (Lipinski definition) is 2. The van der Waals surface area contributed by atoms with E-state index < -0.39 is 0 Å². The van der Waals surface area contributed by atoms with Crippen molar-refractivity contribution in [2.45, 2.75) is 25.9 Å². The summed E-state index contributed by atoms with van der Waals surface area (Å²) in [6.07, 6.45) is 0. The lowest BCUT2D eigenvalue weighted by Crippen LogP contribution is -2.57. The topological polar surface area (TPSA) is 27.3 Å². The Kier molecular flexibility index (Phi) is 5.04. The van der Waals surface area contributed by atoms with Gasteiger partial charge in [-0.1, -0.05) is 11.6 Å². The van der Waals surface area contributed by atoms with Crippen LogP contribution in [0.5, 0.6) is 0 Å². The average Bonchev–Trinajstić information content (AvgIpc) is 2.76. The average molecular weight is 288 g/mol. The van der Waals surface area contributed by atoms with Crippen molar-refractivity contribution in [3.05, 3.63) is 21.3 Å². The quantitative estimate of drug-likeness (QED) is 0.869. The fourth-order valence-electron chi connectivity index (χ4n) is 2.32. The number of hydrogen-bond acceptors (Lipinski definition) is 4. The molecule has 0 amide bonds. The van der Waals surface area contributed by atoms with Gasteiger partial charge in [0.15, 0.2) is 0 Å². The van der Waals surface area contributed by atoms with Gasteiger partial charge in [0, 0.05) is 49.7 Å². The third kappa shape index (κ3) is 3.93. The first-order valence-electron chi connectivity index (χ1n) is 6.49. The number of nitrogens with one attached hydrogen (secondary N) is 2. The van der Waals surface area contributed by atoms with Gasteiger partial charge in [-0.15, -0.1) is 11.3 Å². The molecule has 1 aromatic rings. The summed E-state index contributed by atoms with van der Waals surface area (Å²) in [5.74, 6) is 0. The molecule has 18 heavy (non-hydrogen) atoms. The first-order chi connectivity index (χ1) is 8.58. The summed E-state index contributed by atoms with van der Waals surface area (Å²) in [5, 5.41) is 6.94. The zero-order valence-corrected chi connectivity index (χ0v) is 12.7. The molecule has 2 heterocycles. The van der Waals surface area contributed by atoms with Gasteiger partial charge in [0.05, 0.1) is 4.34 Å². The van der Waals surface area contributed by atoms with Gasteiger partial charge < -0.3 is 10.6 Å². The zero-order valence-electron chi connectivity index (χ0n) is 11.1. The van der Waals surface area contributed by atoms with Crippen LogP contribution in [0.4, 0.5) is 0 Å². The highest BCUT2D eigenvalue weighted by atomic mass is 35.5. The van der Waals surface area contributed by atoms with E-state index in [0.717, 1.165) is 43.6 Å². The predicted molar refractivity (Wildman–Crippen MR) is 79.6 cm³/mol. The predicted octanol–water partition coefficient (Wildman–Crippen LogP) is 2.17. The molecule has 102 valence electrons. The third-order valence-electron chi connectivity index (χ3n) is 3.46. The minimum absolute atomic E-state index is 0.211. The second-order valence-corrected chi connectivity index (χ2v) is 7.16. The molecule has 0 aliphatic carbocycles. The lowest BCUT2D eigenvalue weighted by Gasteiger charge is -2.41. The maximum atomic E-state index is 5.93. The standard InChI is InChI=1S/C13H22ClN3S/c1-13(2,17-7-5-15-6-8-17)10-16-9-11-3-4-12(14)18-11/h3-4,15-16H,5-10H2,1-2H3. The highest BCUT2D eigenvalue weighted by Gasteiger charge is 2.27. The van der Waals surface area contributed by atoms with E-state index in [1.807, 2.05) is 6.07 Å². The van der Waals surface area contributed by atoms with Crippen LogP contribution in [0.25, 0.3) is 0 Å². The number of thiophene rings is 1. The first-order valence-corrected chi connectivity index (χ1v) is 7.68. The fraction of sp³-hybridized carbons (Fsp3) is 0.692. The van der Waals surface area contributed by atoms with E-state index in [-0.39, 0.29) is 5.54 Å². The smallest absolute Gasteiger partial charge is 0.0931 e. The van der Waals surface area contributed by atoms with Crippen LogP contribution in [-0.2, 0) is 6.54 Å². The second-order valence-electron chi connectivity index (χ2n) is 5.36. The van der Waals surface area contributed by atoms with Gasteiger partial charge in [-0.3, -0.25) is 4.90 Å². The van der Waals surface area contributed by atoms with Crippen molar-refractivity contribution in [2.75, 3.05) is 32.7 Å². The molecule has 1 saturated heterocycles. The van der Waals surface area contributed by atoms with Crippen molar-refractivity contribution < 1.29 is 0 Å². The monoisotopic (exact) mass is 287 g/mol. The van der Waals surface area contributed by atoms with Crippen LogP contribution in [0.3, 0.4) is 0 Å². The minimum atomic E-state index is 0.211. The SMILES string of the molecule is CC(C)(CNCc1ccc(Cl)s1)N1CCNCC1. The van der Waals surface area contributed by atoms with E-state index in [9.17, 15) is 0 Å². The first kappa shape index (κ1) is 14.3. The summed E-state index contributed by atoms with van der Waals surface area (Å²) in [4.78, 5) is 3.86. The summed E-state index contributed by atoms with van der Waals surface area (Å²) in [6.45, 7) is 11.0. The molecule has 3 nitrogen and oxygen atoms in total. The summed E-state index contributed by atoms with van der Waals surface area (Å²) < 4.78 is 0.869. The van der Waals surface area contributed by atoms with Gasteiger partial charge in [0.25, 0.3) is 0 Å². The lowest BCUT2D eigenvalue weighted by atomic mass is 10.0. The molecule has 0 saturated carbocycles. The van der Waals surface area contributed by atoms with Crippen molar-refractivity contribution in [1.82, 2.24) is 15.5 Å². The molecule has 0 radical (unpaired) electrons.